The lowest BCUT2D eigenvalue weighted by Gasteiger charge is -2.35. The number of rotatable bonds is 8. The molecule has 1 aromatic rings. The SMILES string of the molecule is O=C(O)CCC1CCCCN1C(=O)CCCNC(=O)c1ccccc1. The smallest absolute Gasteiger partial charge is 0.303 e. The Hall–Kier alpha value is -2.37. The van der Waals surface area contributed by atoms with Gasteiger partial charge in [0.2, 0.25) is 5.91 Å². The van der Waals surface area contributed by atoms with Gasteiger partial charge in [0.25, 0.3) is 5.91 Å². The van der Waals surface area contributed by atoms with Gasteiger partial charge in [0, 0.05) is 37.5 Å². The van der Waals surface area contributed by atoms with E-state index in [4.69, 9.17) is 5.11 Å². The summed E-state index contributed by atoms with van der Waals surface area (Å²) in [4.78, 5) is 37.0. The largest absolute Gasteiger partial charge is 0.481 e. The first-order valence-corrected chi connectivity index (χ1v) is 8.92. The Bertz CT molecular complexity index is 588. The molecule has 136 valence electrons. The van der Waals surface area contributed by atoms with E-state index in [0.29, 0.717) is 37.9 Å². The molecule has 0 spiro atoms. The maximum absolute atomic E-state index is 12.4. The second-order valence-corrected chi connectivity index (χ2v) is 6.39. The summed E-state index contributed by atoms with van der Waals surface area (Å²) in [7, 11) is 0. The van der Waals surface area contributed by atoms with Gasteiger partial charge in [0.05, 0.1) is 0 Å². The summed E-state index contributed by atoms with van der Waals surface area (Å²) in [5.41, 5.74) is 0.610. The maximum Gasteiger partial charge on any atom is 0.303 e. The van der Waals surface area contributed by atoms with Crippen LogP contribution in [-0.4, -0.2) is 46.9 Å². The number of hydrogen-bond donors (Lipinski definition) is 2. The molecular weight excluding hydrogens is 320 g/mol. The number of hydrogen-bond acceptors (Lipinski definition) is 3. The van der Waals surface area contributed by atoms with Gasteiger partial charge in [-0.15, -0.1) is 0 Å². The molecule has 1 heterocycles. The van der Waals surface area contributed by atoms with Crippen molar-refractivity contribution in [3.63, 3.8) is 0 Å². The van der Waals surface area contributed by atoms with Gasteiger partial charge in [0.1, 0.15) is 0 Å². The standard InChI is InChI=1S/C19H26N2O4/c22-17(21-14-5-4-9-16(21)11-12-18(23)24)10-6-13-20-19(25)15-7-2-1-3-8-15/h1-3,7-8,16H,4-6,9-14H2,(H,20,25)(H,23,24). The molecule has 0 bridgehead atoms. The molecule has 2 rings (SSSR count). The first kappa shape index (κ1) is 19.0. The molecule has 2 amide bonds. The topological polar surface area (TPSA) is 86.7 Å². The predicted molar refractivity (Wildman–Crippen MR) is 94.2 cm³/mol. The van der Waals surface area contributed by atoms with E-state index in [2.05, 4.69) is 5.32 Å². The highest BCUT2D eigenvalue weighted by molar-refractivity contribution is 5.94. The van der Waals surface area contributed by atoms with Gasteiger partial charge in [-0.1, -0.05) is 18.2 Å². The summed E-state index contributed by atoms with van der Waals surface area (Å²) in [6.45, 7) is 1.16. The lowest BCUT2D eigenvalue weighted by Crippen LogP contribution is -2.44. The molecule has 0 saturated carbocycles. The Morgan fingerprint density at radius 2 is 1.88 bits per heavy atom. The molecule has 1 aliphatic heterocycles. The molecule has 1 fully saturated rings. The molecule has 0 aromatic heterocycles. The highest BCUT2D eigenvalue weighted by atomic mass is 16.4. The summed E-state index contributed by atoms with van der Waals surface area (Å²) in [6.07, 6.45) is 4.47. The average molecular weight is 346 g/mol. The van der Waals surface area contributed by atoms with Gasteiger partial charge in [-0.3, -0.25) is 14.4 Å². The van der Waals surface area contributed by atoms with Crippen LogP contribution in [0.1, 0.15) is 55.3 Å². The van der Waals surface area contributed by atoms with Crippen molar-refractivity contribution >= 4 is 17.8 Å². The zero-order valence-corrected chi connectivity index (χ0v) is 14.4. The fraction of sp³-hybridized carbons (Fsp3) is 0.526. The second kappa shape index (κ2) is 9.81. The molecule has 1 saturated heterocycles. The number of piperidine rings is 1. The number of nitrogens with one attached hydrogen (secondary N) is 1. The Labute approximate surface area is 148 Å². The molecule has 0 aliphatic carbocycles. The monoisotopic (exact) mass is 346 g/mol. The van der Waals surface area contributed by atoms with Crippen LogP contribution < -0.4 is 5.32 Å². The zero-order chi connectivity index (χ0) is 18.1. The Balaban J connectivity index is 1.72. The molecule has 1 aromatic carbocycles. The van der Waals surface area contributed by atoms with Crippen LogP contribution in [-0.2, 0) is 9.59 Å². The third kappa shape index (κ3) is 6.21. The third-order valence-electron chi connectivity index (χ3n) is 4.53. The van der Waals surface area contributed by atoms with Crippen LogP contribution in [0.3, 0.4) is 0 Å². The second-order valence-electron chi connectivity index (χ2n) is 6.39. The van der Waals surface area contributed by atoms with Gasteiger partial charge in [-0.05, 0) is 44.2 Å². The van der Waals surface area contributed by atoms with Gasteiger partial charge < -0.3 is 15.3 Å². The zero-order valence-electron chi connectivity index (χ0n) is 14.4. The Morgan fingerprint density at radius 3 is 2.60 bits per heavy atom. The van der Waals surface area contributed by atoms with Crippen molar-refractivity contribution in [1.29, 1.82) is 0 Å². The minimum Gasteiger partial charge on any atom is -0.481 e. The molecule has 1 atom stereocenters. The summed E-state index contributed by atoms with van der Waals surface area (Å²) >= 11 is 0. The minimum absolute atomic E-state index is 0.0382. The van der Waals surface area contributed by atoms with Crippen molar-refractivity contribution in [2.45, 2.75) is 51.0 Å². The highest BCUT2D eigenvalue weighted by Gasteiger charge is 2.26. The van der Waals surface area contributed by atoms with Crippen LogP contribution in [0.4, 0.5) is 0 Å². The summed E-state index contributed by atoms with van der Waals surface area (Å²) in [5.74, 6) is -0.893. The van der Waals surface area contributed by atoms with Crippen LogP contribution in [0.25, 0.3) is 0 Å². The van der Waals surface area contributed by atoms with E-state index < -0.39 is 5.97 Å². The first-order chi connectivity index (χ1) is 12.1. The van der Waals surface area contributed by atoms with Crippen LogP contribution in [0.15, 0.2) is 30.3 Å². The summed E-state index contributed by atoms with van der Waals surface area (Å²) in [6, 6.07) is 9.02. The fourth-order valence-corrected chi connectivity index (χ4v) is 3.20. The number of carbonyl (C=O) groups is 3. The van der Waals surface area contributed by atoms with Gasteiger partial charge >= 0.3 is 5.97 Å². The fourth-order valence-electron chi connectivity index (χ4n) is 3.20. The van der Waals surface area contributed by atoms with E-state index in [0.717, 1.165) is 19.3 Å². The Morgan fingerprint density at radius 1 is 1.12 bits per heavy atom. The molecule has 25 heavy (non-hydrogen) atoms. The van der Waals surface area contributed by atoms with Crippen LogP contribution in [0.5, 0.6) is 0 Å². The summed E-state index contributed by atoms with van der Waals surface area (Å²) in [5, 5.41) is 11.7. The van der Waals surface area contributed by atoms with Crippen molar-refractivity contribution in [3.05, 3.63) is 35.9 Å². The van der Waals surface area contributed by atoms with E-state index >= 15 is 0 Å². The van der Waals surface area contributed by atoms with Gasteiger partial charge in [-0.2, -0.15) is 0 Å². The number of benzene rings is 1. The van der Waals surface area contributed by atoms with E-state index in [1.165, 1.54) is 0 Å². The number of likely N-dealkylation sites (tertiary alicyclic amines) is 1. The number of carboxylic acids is 1. The van der Waals surface area contributed by atoms with Crippen LogP contribution in [0.2, 0.25) is 0 Å². The van der Waals surface area contributed by atoms with Crippen LogP contribution in [0, 0.1) is 0 Å². The predicted octanol–water partition coefficient (Wildman–Crippen LogP) is 2.44. The Kier molecular flexibility index (Phi) is 7.44. The van der Waals surface area contributed by atoms with Gasteiger partial charge in [0.15, 0.2) is 0 Å². The van der Waals surface area contributed by atoms with E-state index in [1.54, 1.807) is 12.1 Å². The van der Waals surface area contributed by atoms with E-state index in [9.17, 15) is 14.4 Å². The van der Waals surface area contributed by atoms with Crippen molar-refractivity contribution in [1.82, 2.24) is 10.2 Å². The lowest BCUT2D eigenvalue weighted by atomic mass is 9.97. The number of aliphatic carboxylic acids is 1. The van der Waals surface area contributed by atoms with Crippen molar-refractivity contribution in [3.8, 4) is 0 Å². The molecule has 1 aliphatic rings. The quantitative estimate of drug-likeness (QED) is 0.708. The highest BCUT2D eigenvalue weighted by Crippen LogP contribution is 2.22. The molecule has 6 heteroatoms. The molecule has 6 nitrogen and oxygen atoms in total. The number of carboxylic acid groups (broad SMARTS) is 1. The lowest BCUT2D eigenvalue weighted by molar-refractivity contribution is -0.140. The van der Waals surface area contributed by atoms with E-state index in [1.807, 2.05) is 23.1 Å². The van der Waals surface area contributed by atoms with Crippen molar-refractivity contribution < 1.29 is 19.5 Å². The molecule has 1 unspecified atom stereocenters. The number of carbonyl (C=O) groups excluding carboxylic acids is 2. The molecule has 2 N–H and O–H groups in total. The molecular formula is C19H26N2O4. The summed E-state index contributed by atoms with van der Waals surface area (Å²) < 4.78 is 0. The van der Waals surface area contributed by atoms with Gasteiger partial charge in [-0.25, -0.2) is 0 Å². The number of nitrogens with zero attached hydrogens (tertiary/aromatic N) is 1. The third-order valence-corrected chi connectivity index (χ3v) is 4.53. The minimum atomic E-state index is -0.818. The first-order valence-electron chi connectivity index (χ1n) is 8.92. The van der Waals surface area contributed by atoms with Crippen molar-refractivity contribution in [2.75, 3.05) is 13.1 Å². The van der Waals surface area contributed by atoms with Crippen molar-refractivity contribution in [2.24, 2.45) is 0 Å². The molecule has 0 radical (unpaired) electrons. The number of amides is 2. The van der Waals surface area contributed by atoms with Crippen LogP contribution >= 0.6 is 0 Å². The average Bonchev–Trinajstić information content (AvgIpc) is 2.64. The van der Waals surface area contributed by atoms with E-state index in [-0.39, 0.29) is 24.3 Å². The normalized spacial score (nSPS) is 17.1. The maximum atomic E-state index is 12.4.